The Bertz CT molecular complexity index is 1220. The number of carbonyl (C=O) groups is 2. The Labute approximate surface area is 202 Å². The molecule has 8 heteroatoms. The third kappa shape index (κ3) is 6.44. The molecule has 1 amide bonds. The number of para-hydroxylation sites is 1. The highest BCUT2D eigenvalue weighted by atomic mass is 19.1. The number of hydrogen-bond donors (Lipinski definition) is 3. The highest BCUT2D eigenvalue weighted by Gasteiger charge is 2.18. The number of hydrogen-bond acceptors (Lipinski definition) is 5. The lowest BCUT2D eigenvalue weighted by molar-refractivity contribution is -0.136. The molecular weight excluding hydrogens is 451 g/mol. The SMILES string of the molecule is NCc1cc(F)cc(-c2cc(OC[C@H]3CCCO3)cc(C(=O)Nc3ccccc3CC(=O)O)c2)c1. The van der Waals surface area contributed by atoms with Crippen LogP contribution in [0, 0.1) is 5.82 Å². The van der Waals surface area contributed by atoms with E-state index in [1.54, 1.807) is 48.5 Å². The number of carbonyl (C=O) groups excluding carboxylic acids is 1. The van der Waals surface area contributed by atoms with Gasteiger partial charge in [-0.2, -0.15) is 0 Å². The van der Waals surface area contributed by atoms with Crippen molar-refractivity contribution < 1.29 is 28.6 Å². The molecule has 4 rings (SSSR count). The van der Waals surface area contributed by atoms with Crippen LogP contribution in [0.15, 0.2) is 60.7 Å². The molecule has 1 aliphatic heterocycles. The van der Waals surface area contributed by atoms with E-state index in [1.807, 2.05) is 0 Å². The van der Waals surface area contributed by atoms with Crippen molar-refractivity contribution in [2.45, 2.75) is 31.9 Å². The van der Waals surface area contributed by atoms with Crippen LogP contribution in [0.4, 0.5) is 10.1 Å². The highest BCUT2D eigenvalue weighted by Crippen LogP contribution is 2.29. The van der Waals surface area contributed by atoms with Crippen LogP contribution in [0.1, 0.15) is 34.3 Å². The van der Waals surface area contributed by atoms with Crippen LogP contribution in [-0.2, 0) is 22.5 Å². The number of rotatable bonds is 9. The Morgan fingerprint density at radius 1 is 1.11 bits per heavy atom. The molecule has 0 aliphatic carbocycles. The second-order valence-corrected chi connectivity index (χ2v) is 8.43. The predicted octanol–water partition coefficient (Wildman–Crippen LogP) is 4.39. The van der Waals surface area contributed by atoms with Crippen LogP contribution in [0.3, 0.4) is 0 Å². The molecular formula is C27H27FN2O5. The molecule has 4 N–H and O–H groups in total. The normalized spacial score (nSPS) is 15.1. The number of anilines is 1. The minimum atomic E-state index is -1.000. The first-order valence-electron chi connectivity index (χ1n) is 11.4. The van der Waals surface area contributed by atoms with Gasteiger partial charge in [0.25, 0.3) is 5.91 Å². The van der Waals surface area contributed by atoms with E-state index >= 15 is 0 Å². The van der Waals surface area contributed by atoms with Crippen molar-refractivity contribution in [1.29, 1.82) is 0 Å². The van der Waals surface area contributed by atoms with Crippen molar-refractivity contribution in [2.24, 2.45) is 5.73 Å². The largest absolute Gasteiger partial charge is 0.491 e. The minimum Gasteiger partial charge on any atom is -0.491 e. The van der Waals surface area contributed by atoms with Crippen molar-refractivity contribution in [3.05, 3.63) is 83.2 Å². The van der Waals surface area contributed by atoms with Crippen LogP contribution in [0.5, 0.6) is 5.75 Å². The van der Waals surface area contributed by atoms with Crippen molar-refractivity contribution in [2.75, 3.05) is 18.5 Å². The van der Waals surface area contributed by atoms with E-state index in [2.05, 4.69) is 5.32 Å². The fraction of sp³-hybridized carbons (Fsp3) is 0.259. The standard InChI is InChI=1S/C27H27FN2O5/c28-22-9-17(15-29)8-19(11-22)20-10-21(13-24(12-20)35-16-23-5-3-7-34-23)27(33)30-25-6-2-1-4-18(25)14-26(31)32/h1-2,4,6,8-13,23H,3,5,7,14-16,29H2,(H,30,33)(H,31,32)/t23-/m1/s1. The molecule has 1 atom stereocenters. The van der Waals surface area contributed by atoms with Crippen LogP contribution < -0.4 is 15.8 Å². The quantitative estimate of drug-likeness (QED) is 0.421. The van der Waals surface area contributed by atoms with Crippen molar-refractivity contribution in [3.8, 4) is 16.9 Å². The summed E-state index contributed by atoms with van der Waals surface area (Å²) in [7, 11) is 0. The number of nitrogens with two attached hydrogens (primary N) is 1. The summed E-state index contributed by atoms with van der Waals surface area (Å²) in [6.45, 7) is 1.21. The zero-order valence-corrected chi connectivity index (χ0v) is 19.1. The monoisotopic (exact) mass is 478 g/mol. The van der Waals surface area contributed by atoms with Gasteiger partial charge in [0.15, 0.2) is 0 Å². The van der Waals surface area contributed by atoms with Crippen LogP contribution in [0.2, 0.25) is 0 Å². The van der Waals surface area contributed by atoms with Gasteiger partial charge in [-0.1, -0.05) is 18.2 Å². The maximum Gasteiger partial charge on any atom is 0.307 e. The zero-order valence-electron chi connectivity index (χ0n) is 19.1. The molecule has 0 radical (unpaired) electrons. The van der Waals surface area contributed by atoms with E-state index in [0.29, 0.717) is 46.9 Å². The van der Waals surface area contributed by atoms with Gasteiger partial charge in [0.2, 0.25) is 0 Å². The van der Waals surface area contributed by atoms with Crippen LogP contribution in [-0.4, -0.2) is 36.3 Å². The van der Waals surface area contributed by atoms with E-state index in [-0.39, 0.29) is 24.6 Å². The van der Waals surface area contributed by atoms with Crippen molar-refractivity contribution >= 4 is 17.6 Å². The number of halogens is 1. The van der Waals surface area contributed by atoms with Crippen molar-refractivity contribution in [3.63, 3.8) is 0 Å². The molecule has 1 fully saturated rings. The summed E-state index contributed by atoms with van der Waals surface area (Å²) in [6, 6.07) is 16.2. The lowest BCUT2D eigenvalue weighted by atomic mass is 9.99. The van der Waals surface area contributed by atoms with Crippen molar-refractivity contribution in [1.82, 2.24) is 0 Å². The Hall–Kier alpha value is -3.75. The van der Waals surface area contributed by atoms with Gasteiger partial charge in [-0.15, -0.1) is 0 Å². The summed E-state index contributed by atoms with van der Waals surface area (Å²) in [5.41, 5.74) is 8.67. The first-order chi connectivity index (χ1) is 16.9. The third-order valence-corrected chi connectivity index (χ3v) is 5.76. The smallest absolute Gasteiger partial charge is 0.307 e. The molecule has 35 heavy (non-hydrogen) atoms. The molecule has 3 aromatic rings. The number of aliphatic carboxylic acids is 1. The Balaban J connectivity index is 1.66. The molecule has 1 heterocycles. The molecule has 1 saturated heterocycles. The van der Waals surface area contributed by atoms with E-state index in [9.17, 15) is 19.1 Å². The highest BCUT2D eigenvalue weighted by molar-refractivity contribution is 6.06. The van der Waals surface area contributed by atoms with Gasteiger partial charge in [-0.25, -0.2) is 4.39 Å². The van der Waals surface area contributed by atoms with E-state index < -0.39 is 17.7 Å². The molecule has 0 bridgehead atoms. The summed E-state index contributed by atoms with van der Waals surface area (Å²) in [4.78, 5) is 24.4. The second-order valence-electron chi connectivity index (χ2n) is 8.43. The molecule has 0 unspecified atom stereocenters. The number of amides is 1. The lowest BCUT2D eigenvalue weighted by Crippen LogP contribution is -2.17. The average molecular weight is 479 g/mol. The maximum absolute atomic E-state index is 14.2. The van der Waals surface area contributed by atoms with Gasteiger partial charge in [0.05, 0.1) is 12.5 Å². The minimum absolute atomic E-state index is 0.0168. The maximum atomic E-state index is 14.2. The van der Waals surface area contributed by atoms with Gasteiger partial charge in [-0.3, -0.25) is 9.59 Å². The second kappa shape index (κ2) is 11.1. The van der Waals surface area contributed by atoms with Gasteiger partial charge < -0.3 is 25.6 Å². The molecule has 182 valence electrons. The van der Waals surface area contributed by atoms with Gasteiger partial charge >= 0.3 is 5.97 Å². The number of nitrogens with one attached hydrogen (secondary N) is 1. The summed E-state index contributed by atoms with van der Waals surface area (Å²) >= 11 is 0. The summed E-state index contributed by atoms with van der Waals surface area (Å²) in [6.07, 6.45) is 1.63. The van der Waals surface area contributed by atoms with Gasteiger partial charge in [0, 0.05) is 24.4 Å². The number of benzene rings is 3. The topological polar surface area (TPSA) is 111 Å². The zero-order chi connectivity index (χ0) is 24.8. The van der Waals surface area contributed by atoms with E-state index in [0.717, 1.165) is 12.8 Å². The molecule has 1 aliphatic rings. The Morgan fingerprint density at radius 3 is 2.66 bits per heavy atom. The van der Waals surface area contributed by atoms with Crippen LogP contribution >= 0.6 is 0 Å². The first-order valence-corrected chi connectivity index (χ1v) is 11.4. The molecule has 0 aromatic heterocycles. The van der Waals surface area contributed by atoms with Gasteiger partial charge in [-0.05, 0) is 77.6 Å². The van der Waals surface area contributed by atoms with Crippen LogP contribution in [0.25, 0.3) is 11.1 Å². The lowest BCUT2D eigenvalue weighted by Gasteiger charge is -2.15. The number of ether oxygens (including phenoxy) is 2. The fourth-order valence-corrected chi connectivity index (χ4v) is 4.03. The van der Waals surface area contributed by atoms with E-state index in [4.69, 9.17) is 15.2 Å². The third-order valence-electron chi connectivity index (χ3n) is 5.76. The average Bonchev–Trinajstić information content (AvgIpc) is 3.37. The number of carboxylic acids is 1. The summed E-state index contributed by atoms with van der Waals surface area (Å²) in [5, 5.41) is 12.0. The molecule has 7 nitrogen and oxygen atoms in total. The van der Waals surface area contributed by atoms with E-state index in [1.165, 1.54) is 12.1 Å². The summed E-state index contributed by atoms with van der Waals surface area (Å²) < 4.78 is 25.8. The number of carboxylic acid groups (broad SMARTS) is 1. The fourth-order valence-electron chi connectivity index (χ4n) is 4.03. The molecule has 3 aromatic carbocycles. The Kier molecular flexibility index (Phi) is 7.74. The van der Waals surface area contributed by atoms with Gasteiger partial charge in [0.1, 0.15) is 18.2 Å². The molecule has 0 spiro atoms. The Morgan fingerprint density at radius 2 is 1.91 bits per heavy atom. The predicted molar refractivity (Wildman–Crippen MR) is 130 cm³/mol. The first kappa shape index (κ1) is 24.4. The molecule has 0 saturated carbocycles. The summed E-state index contributed by atoms with van der Waals surface area (Å²) in [5.74, 6) is -1.43.